The number of aromatic nitrogens is 2. The largest absolute Gasteiger partial charge is 0.465 e. The van der Waals surface area contributed by atoms with Crippen molar-refractivity contribution in [3.05, 3.63) is 94.8 Å². The third-order valence-corrected chi connectivity index (χ3v) is 5.51. The average Bonchev–Trinajstić information content (AvgIpc) is 3.25. The first kappa shape index (κ1) is 19.7. The molecule has 32 heavy (non-hydrogen) atoms. The molecule has 4 N–H and O–H groups in total. The summed E-state index contributed by atoms with van der Waals surface area (Å²) in [7, 11) is 0. The number of aromatic amines is 1. The molecular weight excluding hydrogens is 415 g/mol. The Morgan fingerprint density at radius 3 is 2.72 bits per heavy atom. The number of carboxylic acid groups (broad SMARTS) is 1. The van der Waals surface area contributed by atoms with Crippen molar-refractivity contribution < 1.29 is 24.2 Å². The molecule has 160 valence electrons. The van der Waals surface area contributed by atoms with Crippen LogP contribution in [0.5, 0.6) is 0 Å². The van der Waals surface area contributed by atoms with E-state index in [0.29, 0.717) is 33.3 Å². The molecule has 0 aliphatic carbocycles. The van der Waals surface area contributed by atoms with Crippen LogP contribution in [-0.4, -0.2) is 37.1 Å². The molecule has 1 aromatic heterocycles. The van der Waals surface area contributed by atoms with Crippen LogP contribution in [0.25, 0.3) is 11.0 Å². The van der Waals surface area contributed by atoms with E-state index in [9.17, 15) is 19.1 Å². The molecule has 0 saturated heterocycles. The van der Waals surface area contributed by atoms with Crippen molar-refractivity contribution in [1.82, 2.24) is 14.9 Å². The van der Waals surface area contributed by atoms with E-state index in [2.05, 4.69) is 15.3 Å². The van der Waals surface area contributed by atoms with Gasteiger partial charge in [-0.15, -0.1) is 0 Å². The monoisotopic (exact) mass is 432 g/mol. The number of halogens is 1. The Balaban J connectivity index is 1.64. The number of nitrogens with one attached hydrogen (secondary N) is 2. The molecule has 0 radical (unpaired) electrons. The Hall–Kier alpha value is -4.24. The fraction of sp³-hybridized carbons (Fsp3) is 0.0870. The SMILES string of the molecule is O=C(O)Nc1nc2ccc(C3(O)c4ccccc4C(=O)N3Cc3cccc(F)c3)cc2[nH]1. The molecule has 3 aromatic carbocycles. The third-order valence-electron chi connectivity index (χ3n) is 5.51. The van der Waals surface area contributed by atoms with Gasteiger partial charge in [-0.25, -0.2) is 14.2 Å². The van der Waals surface area contributed by atoms with Gasteiger partial charge in [-0.3, -0.25) is 15.0 Å². The number of imidazole rings is 1. The summed E-state index contributed by atoms with van der Waals surface area (Å²) >= 11 is 0. The predicted octanol–water partition coefficient (Wildman–Crippen LogP) is 3.64. The standard InChI is InChI=1S/C23H17FN4O4/c24-15-5-3-4-13(10-15)12-28-20(29)16-6-1-2-7-17(16)23(28,32)14-8-9-18-19(11-14)26-21(25-18)27-22(30)31/h1-11,32H,12H2,(H,30,31)(H2,25,26,27). The van der Waals surface area contributed by atoms with E-state index in [1.807, 2.05) is 0 Å². The number of rotatable bonds is 4. The maximum Gasteiger partial charge on any atom is 0.411 e. The van der Waals surface area contributed by atoms with Gasteiger partial charge >= 0.3 is 6.09 Å². The summed E-state index contributed by atoms with van der Waals surface area (Å²) in [4.78, 5) is 32.4. The quantitative estimate of drug-likeness (QED) is 0.393. The lowest BCUT2D eigenvalue weighted by molar-refractivity contribution is -0.0542. The topological polar surface area (TPSA) is 119 Å². The van der Waals surface area contributed by atoms with Crippen LogP contribution < -0.4 is 5.32 Å². The predicted molar refractivity (Wildman–Crippen MR) is 113 cm³/mol. The minimum Gasteiger partial charge on any atom is -0.465 e. The summed E-state index contributed by atoms with van der Waals surface area (Å²) in [5, 5.41) is 23.0. The first-order valence-corrected chi connectivity index (χ1v) is 9.75. The van der Waals surface area contributed by atoms with Gasteiger partial charge in [-0.2, -0.15) is 0 Å². The normalized spacial score (nSPS) is 17.6. The Morgan fingerprint density at radius 2 is 1.94 bits per heavy atom. The Bertz CT molecular complexity index is 1390. The molecule has 0 bridgehead atoms. The lowest BCUT2D eigenvalue weighted by atomic mass is 9.93. The number of benzene rings is 3. The molecule has 1 aliphatic heterocycles. The summed E-state index contributed by atoms with van der Waals surface area (Å²) in [6.45, 7) is -0.0192. The zero-order valence-corrected chi connectivity index (χ0v) is 16.5. The number of hydrogen-bond acceptors (Lipinski definition) is 4. The number of H-pyrrole nitrogens is 1. The second-order valence-corrected chi connectivity index (χ2v) is 7.49. The van der Waals surface area contributed by atoms with Crippen LogP contribution in [0.15, 0.2) is 66.7 Å². The summed E-state index contributed by atoms with van der Waals surface area (Å²) < 4.78 is 13.8. The first-order valence-electron chi connectivity index (χ1n) is 9.75. The maximum absolute atomic E-state index is 13.8. The van der Waals surface area contributed by atoms with Crippen LogP contribution in [0.2, 0.25) is 0 Å². The minimum absolute atomic E-state index is 0.0192. The first-order chi connectivity index (χ1) is 15.4. The number of hydrogen-bond donors (Lipinski definition) is 4. The number of amides is 2. The molecule has 1 unspecified atom stereocenters. The molecule has 0 fully saturated rings. The van der Waals surface area contributed by atoms with Crippen LogP contribution in [0.3, 0.4) is 0 Å². The zero-order chi connectivity index (χ0) is 22.5. The van der Waals surface area contributed by atoms with Gasteiger partial charge in [0, 0.05) is 23.2 Å². The van der Waals surface area contributed by atoms with Crippen molar-refractivity contribution in [2.75, 3.05) is 5.32 Å². The van der Waals surface area contributed by atoms with E-state index < -0.39 is 17.6 Å². The highest BCUT2D eigenvalue weighted by molar-refractivity contribution is 6.00. The highest BCUT2D eigenvalue weighted by Gasteiger charge is 2.49. The van der Waals surface area contributed by atoms with E-state index in [-0.39, 0.29) is 18.4 Å². The molecule has 8 nitrogen and oxygen atoms in total. The highest BCUT2D eigenvalue weighted by atomic mass is 19.1. The van der Waals surface area contributed by atoms with E-state index in [1.54, 1.807) is 54.6 Å². The number of anilines is 1. The summed E-state index contributed by atoms with van der Waals surface area (Å²) in [6, 6.07) is 17.5. The van der Waals surface area contributed by atoms with E-state index in [0.717, 1.165) is 0 Å². The molecule has 2 amide bonds. The molecule has 2 heterocycles. The van der Waals surface area contributed by atoms with Gasteiger partial charge in [0.05, 0.1) is 11.0 Å². The van der Waals surface area contributed by atoms with Crippen LogP contribution in [0.1, 0.15) is 27.0 Å². The smallest absolute Gasteiger partial charge is 0.411 e. The van der Waals surface area contributed by atoms with Gasteiger partial charge in [-0.1, -0.05) is 36.4 Å². The van der Waals surface area contributed by atoms with E-state index in [1.165, 1.54) is 17.0 Å². The molecule has 4 aromatic rings. The van der Waals surface area contributed by atoms with Crippen molar-refractivity contribution in [3.63, 3.8) is 0 Å². The van der Waals surface area contributed by atoms with Gasteiger partial charge < -0.3 is 15.2 Å². The molecule has 0 spiro atoms. The fourth-order valence-electron chi connectivity index (χ4n) is 4.11. The lowest BCUT2D eigenvalue weighted by Gasteiger charge is -2.35. The molecule has 0 saturated carbocycles. The third kappa shape index (κ3) is 3.07. The minimum atomic E-state index is -1.82. The summed E-state index contributed by atoms with van der Waals surface area (Å²) in [5.41, 5.74) is 0.802. The van der Waals surface area contributed by atoms with Crippen molar-refractivity contribution in [2.45, 2.75) is 12.3 Å². The van der Waals surface area contributed by atoms with Crippen LogP contribution in [0.4, 0.5) is 15.1 Å². The van der Waals surface area contributed by atoms with Crippen LogP contribution in [0, 0.1) is 5.82 Å². The van der Waals surface area contributed by atoms with Gasteiger partial charge in [0.1, 0.15) is 5.82 Å². The molecular formula is C23H17FN4O4. The highest BCUT2D eigenvalue weighted by Crippen LogP contribution is 2.43. The zero-order valence-electron chi connectivity index (χ0n) is 16.5. The van der Waals surface area contributed by atoms with Gasteiger partial charge in [0.15, 0.2) is 5.72 Å². The Labute approximate surface area is 180 Å². The molecule has 9 heteroatoms. The maximum atomic E-state index is 13.8. The number of nitrogens with zero attached hydrogens (tertiary/aromatic N) is 2. The van der Waals surface area contributed by atoms with Gasteiger partial charge in [0.25, 0.3) is 5.91 Å². The lowest BCUT2D eigenvalue weighted by Crippen LogP contribution is -2.44. The van der Waals surface area contributed by atoms with Gasteiger partial charge in [0.2, 0.25) is 5.95 Å². The van der Waals surface area contributed by atoms with Crippen molar-refractivity contribution in [2.24, 2.45) is 0 Å². The Kier molecular flexibility index (Phi) is 4.42. The number of aliphatic hydroxyl groups is 1. The summed E-state index contributed by atoms with van der Waals surface area (Å²) in [5.74, 6) is -0.783. The average molecular weight is 432 g/mol. The van der Waals surface area contributed by atoms with Crippen molar-refractivity contribution in [1.29, 1.82) is 0 Å². The van der Waals surface area contributed by atoms with Gasteiger partial charge in [-0.05, 0) is 35.9 Å². The molecule has 1 atom stereocenters. The van der Waals surface area contributed by atoms with Crippen LogP contribution >= 0.6 is 0 Å². The number of carbonyl (C=O) groups excluding carboxylic acids is 1. The summed E-state index contributed by atoms with van der Waals surface area (Å²) in [6.07, 6.45) is -1.26. The van der Waals surface area contributed by atoms with Crippen molar-refractivity contribution in [3.8, 4) is 0 Å². The second kappa shape index (κ2) is 7.17. The van der Waals surface area contributed by atoms with E-state index in [4.69, 9.17) is 5.11 Å². The molecule has 1 aliphatic rings. The second-order valence-electron chi connectivity index (χ2n) is 7.49. The fourth-order valence-corrected chi connectivity index (χ4v) is 4.11. The van der Waals surface area contributed by atoms with E-state index >= 15 is 0 Å². The number of fused-ring (bicyclic) bond motifs is 2. The van der Waals surface area contributed by atoms with Crippen LogP contribution in [-0.2, 0) is 12.3 Å². The Morgan fingerprint density at radius 1 is 1.12 bits per heavy atom. The van der Waals surface area contributed by atoms with Crippen molar-refractivity contribution >= 4 is 29.0 Å². The number of carbonyl (C=O) groups is 2. The molecule has 5 rings (SSSR count).